The Labute approximate surface area is 143 Å². The highest BCUT2D eigenvalue weighted by Gasteiger charge is 2.11. The Morgan fingerprint density at radius 2 is 2.04 bits per heavy atom. The van der Waals surface area contributed by atoms with Crippen LogP contribution in [0.3, 0.4) is 0 Å². The van der Waals surface area contributed by atoms with E-state index in [9.17, 15) is 4.79 Å². The molecule has 0 N–H and O–H groups in total. The number of imidazole rings is 1. The first-order valence-electron chi connectivity index (χ1n) is 7.14. The topological polar surface area (TPSA) is 44.1 Å². The van der Waals surface area contributed by atoms with Crippen molar-refractivity contribution in [2.24, 2.45) is 0 Å². The first-order valence-corrected chi connectivity index (χ1v) is 7.90. The first-order chi connectivity index (χ1) is 11.1. The van der Waals surface area contributed by atoms with E-state index in [1.54, 1.807) is 37.5 Å². The van der Waals surface area contributed by atoms with Crippen LogP contribution in [0.1, 0.15) is 22.8 Å². The Balaban J connectivity index is 1.92. The predicted octanol–water partition coefficient (Wildman–Crippen LogP) is 4.57. The summed E-state index contributed by atoms with van der Waals surface area (Å²) in [5.41, 5.74) is 3.10. The molecular weight excluding hydrogens is 335 g/mol. The molecule has 0 amide bonds. The number of carbonyl (C=O) groups excluding carboxylic acids is 1. The van der Waals surface area contributed by atoms with Crippen molar-refractivity contribution in [3.8, 4) is 0 Å². The van der Waals surface area contributed by atoms with E-state index >= 15 is 0 Å². The number of hydrogen-bond donors (Lipinski definition) is 0. The number of esters is 1. The molecule has 3 aromatic rings. The number of aromatic nitrogens is 2. The van der Waals surface area contributed by atoms with Gasteiger partial charge in [0, 0.05) is 10.0 Å². The van der Waals surface area contributed by atoms with Gasteiger partial charge in [-0.3, -0.25) is 0 Å². The van der Waals surface area contributed by atoms with Crippen LogP contribution in [-0.2, 0) is 11.3 Å². The van der Waals surface area contributed by atoms with Gasteiger partial charge >= 0.3 is 5.97 Å². The zero-order chi connectivity index (χ0) is 16.4. The van der Waals surface area contributed by atoms with Crippen molar-refractivity contribution in [2.75, 3.05) is 6.61 Å². The molecule has 0 fully saturated rings. The molecule has 0 aliphatic carbocycles. The van der Waals surface area contributed by atoms with Gasteiger partial charge in [0.15, 0.2) is 0 Å². The smallest absolute Gasteiger partial charge is 0.338 e. The number of carbonyl (C=O) groups is 1. The van der Waals surface area contributed by atoms with Crippen molar-refractivity contribution in [3.63, 3.8) is 0 Å². The van der Waals surface area contributed by atoms with E-state index in [2.05, 4.69) is 4.98 Å². The highest BCUT2D eigenvalue weighted by Crippen LogP contribution is 2.23. The zero-order valence-electron chi connectivity index (χ0n) is 12.4. The summed E-state index contributed by atoms with van der Waals surface area (Å²) in [5, 5.41) is 1.22. The SMILES string of the molecule is CCOC(=O)c1ccc2c(c1)ncn2Cc1ccc(Cl)cc1Cl. The Hall–Kier alpha value is -2.04. The first kappa shape index (κ1) is 15.8. The quantitative estimate of drug-likeness (QED) is 0.648. The van der Waals surface area contributed by atoms with Gasteiger partial charge in [-0.1, -0.05) is 29.3 Å². The number of fused-ring (bicyclic) bond motifs is 1. The second-order valence-corrected chi connectivity index (χ2v) is 5.88. The van der Waals surface area contributed by atoms with Crippen molar-refractivity contribution in [3.05, 3.63) is 63.9 Å². The molecule has 0 aliphatic heterocycles. The van der Waals surface area contributed by atoms with Crippen LogP contribution in [-0.4, -0.2) is 22.1 Å². The fourth-order valence-corrected chi connectivity index (χ4v) is 2.83. The molecule has 0 saturated carbocycles. The lowest BCUT2D eigenvalue weighted by molar-refractivity contribution is 0.0526. The summed E-state index contributed by atoms with van der Waals surface area (Å²) in [6.07, 6.45) is 1.73. The lowest BCUT2D eigenvalue weighted by atomic mass is 10.2. The van der Waals surface area contributed by atoms with Crippen molar-refractivity contribution in [1.29, 1.82) is 0 Å². The number of rotatable bonds is 4. The van der Waals surface area contributed by atoms with Gasteiger partial charge in [0.1, 0.15) is 0 Å². The van der Waals surface area contributed by atoms with E-state index in [4.69, 9.17) is 27.9 Å². The molecule has 118 valence electrons. The molecule has 2 aromatic carbocycles. The van der Waals surface area contributed by atoms with Crippen LogP contribution in [0.2, 0.25) is 10.0 Å². The second kappa shape index (κ2) is 6.60. The monoisotopic (exact) mass is 348 g/mol. The molecule has 3 rings (SSSR count). The standard InChI is InChI=1S/C17H14Cl2N2O2/c1-2-23-17(22)11-4-6-16-15(7-11)20-10-21(16)9-12-3-5-13(18)8-14(12)19/h3-8,10H,2,9H2,1H3. The van der Waals surface area contributed by atoms with Gasteiger partial charge in [0.25, 0.3) is 0 Å². The molecule has 1 aromatic heterocycles. The minimum absolute atomic E-state index is 0.343. The van der Waals surface area contributed by atoms with E-state index in [0.717, 1.165) is 16.6 Å². The molecule has 0 saturated heterocycles. The minimum Gasteiger partial charge on any atom is -0.462 e. The normalized spacial score (nSPS) is 10.9. The molecule has 0 radical (unpaired) electrons. The largest absolute Gasteiger partial charge is 0.462 e. The van der Waals surface area contributed by atoms with E-state index in [-0.39, 0.29) is 5.97 Å². The maximum Gasteiger partial charge on any atom is 0.338 e. The summed E-state index contributed by atoms with van der Waals surface area (Å²) < 4.78 is 6.97. The molecule has 1 heterocycles. The van der Waals surface area contributed by atoms with Crippen molar-refractivity contribution in [1.82, 2.24) is 9.55 Å². The van der Waals surface area contributed by atoms with Gasteiger partial charge in [-0.15, -0.1) is 0 Å². The zero-order valence-corrected chi connectivity index (χ0v) is 13.9. The van der Waals surface area contributed by atoms with E-state index < -0.39 is 0 Å². The number of benzene rings is 2. The van der Waals surface area contributed by atoms with Gasteiger partial charge in [-0.05, 0) is 42.8 Å². The second-order valence-electron chi connectivity index (χ2n) is 5.03. The molecular formula is C17H14Cl2N2O2. The van der Waals surface area contributed by atoms with Crippen LogP contribution in [0, 0.1) is 0 Å². The van der Waals surface area contributed by atoms with Gasteiger partial charge in [-0.25, -0.2) is 9.78 Å². The van der Waals surface area contributed by atoms with Gasteiger partial charge < -0.3 is 9.30 Å². The van der Waals surface area contributed by atoms with Gasteiger partial charge in [0.2, 0.25) is 0 Å². The summed E-state index contributed by atoms with van der Waals surface area (Å²) in [6, 6.07) is 10.7. The van der Waals surface area contributed by atoms with Crippen LogP contribution in [0.25, 0.3) is 11.0 Å². The summed E-state index contributed by atoms with van der Waals surface area (Å²) in [4.78, 5) is 16.1. The van der Waals surface area contributed by atoms with Crippen LogP contribution >= 0.6 is 23.2 Å². The third kappa shape index (κ3) is 3.33. The lowest BCUT2D eigenvalue weighted by Gasteiger charge is -2.07. The van der Waals surface area contributed by atoms with E-state index in [0.29, 0.717) is 28.8 Å². The molecule has 0 aliphatic rings. The van der Waals surface area contributed by atoms with Crippen molar-refractivity contribution < 1.29 is 9.53 Å². The van der Waals surface area contributed by atoms with Crippen LogP contribution in [0.5, 0.6) is 0 Å². The number of hydrogen-bond acceptors (Lipinski definition) is 3. The number of nitrogens with zero attached hydrogens (tertiary/aromatic N) is 2. The number of halogens is 2. The summed E-state index contributed by atoms with van der Waals surface area (Å²) in [5.74, 6) is -0.343. The van der Waals surface area contributed by atoms with E-state index in [1.807, 2.05) is 16.7 Å². The summed E-state index contributed by atoms with van der Waals surface area (Å²) >= 11 is 12.1. The third-order valence-electron chi connectivity index (χ3n) is 3.49. The molecule has 0 unspecified atom stereocenters. The molecule has 4 nitrogen and oxygen atoms in total. The molecule has 0 spiro atoms. The lowest BCUT2D eigenvalue weighted by Crippen LogP contribution is -2.04. The predicted molar refractivity (Wildman–Crippen MR) is 91.3 cm³/mol. The molecule has 6 heteroatoms. The third-order valence-corrected chi connectivity index (χ3v) is 4.07. The van der Waals surface area contributed by atoms with E-state index in [1.165, 1.54) is 0 Å². The highest BCUT2D eigenvalue weighted by molar-refractivity contribution is 6.35. The van der Waals surface area contributed by atoms with Crippen molar-refractivity contribution >= 4 is 40.2 Å². The Morgan fingerprint density at radius 3 is 2.78 bits per heavy atom. The Kier molecular flexibility index (Phi) is 4.55. The maximum atomic E-state index is 11.8. The molecule has 23 heavy (non-hydrogen) atoms. The van der Waals surface area contributed by atoms with Crippen LogP contribution in [0.4, 0.5) is 0 Å². The minimum atomic E-state index is -0.343. The Bertz CT molecular complexity index is 874. The maximum absolute atomic E-state index is 11.8. The average Bonchev–Trinajstić information content (AvgIpc) is 2.92. The average molecular weight is 349 g/mol. The van der Waals surface area contributed by atoms with Crippen molar-refractivity contribution in [2.45, 2.75) is 13.5 Å². The van der Waals surface area contributed by atoms with Gasteiger partial charge in [-0.2, -0.15) is 0 Å². The molecule has 0 bridgehead atoms. The highest BCUT2D eigenvalue weighted by atomic mass is 35.5. The Morgan fingerprint density at radius 1 is 1.22 bits per heavy atom. The fourth-order valence-electron chi connectivity index (χ4n) is 2.36. The summed E-state index contributed by atoms with van der Waals surface area (Å²) in [7, 11) is 0. The van der Waals surface area contributed by atoms with Crippen LogP contribution in [0.15, 0.2) is 42.7 Å². The number of ether oxygens (including phenoxy) is 1. The molecule has 0 atom stereocenters. The fraction of sp³-hybridized carbons (Fsp3) is 0.176. The van der Waals surface area contributed by atoms with Gasteiger partial charge in [0.05, 0.1) is 36.1 Å². The van der Waals surface area contributed by atoms with Crippen LogP contribution < -0.4 is 0 Å². The summed E-state index contributed by atoms with van der Waals surface area (Å²) in [6.45, 7) is 2.70.